The third kappa shape index (κ3) is 7.23. The molecule has 2 rings (SSSR count). The zero-order valence-corrected chi connectivity index (χ0v) is 16.4. The van der Waals surface area contributed by atoms with Gasteiger partial charge in [0.1, 0.15) is 24.0 Å². The molecule has 0 saturated carbocycles. The Kier molecular flexibility index (Phi) is 7.87. The van der Waals surface area contributed by atoms with Crippen molar-refractivity contribution in [2.45, 2.75) is 19.1 Å². The van der Waals surface area contributed by atoms with Crippen molar-refractivity contribution >= 4 is 31.2 Å². The minimum atomic E-state index is -3.89. The van der Waals surface area contributed by atoms with E-state index in [0.29, 0.717) is 5.56 Å². The van der Waals surface area contributed by atoms with Gasteiger partial charge in [-0.05, 0) is 23.3 Å². The molecule has 0 aromatic heterocycles. The first-order valence-corrected chi connectivity index (χ1v) is 10.5. The lowest BCUT2D eigenvalue weighted by Gasteiger charge is -2.16. The second-order valence-electron chi connectivity index (χ2n) is 5.86. The minimum absolute atomic E-state index is 0.0615. The van der Waals surface area contributed by atoms with Crippen LogP contribution in [0, 0.1) is 0 Å². The predicted molar refractivity (Wildman–Crippen MR) is 104 cm³/mol. The van der Waals surface area contributed by atoms with Crippen LogP contribution in [0.3, 0.4) is 0 Å². The number of ether oxygens (including phenoxy) is 1. The van der Waals surface area contributed by atoms with Gasteiger partial charge in [-0.2, -0.15) is 0 Å². The molecule has 4 N–H and O–H groups in total. The molecule has 150 valence electrons. The number of nitrogens with one attached hydrogen (secondary N) is 1. The summed E-state index contributed by atoms with van der Waals surface area (Å²) < 4.78 is 21.4. The summed E-state index contributed by atoms with van der Waals surface area (Å²) in [5.41, 5.74) is 6.28. The van der Waals surface area contributed by atoms with Gasteiger partial charge in [-0.15, -0.1) is 11.6 Å². The van der Waals surface area contributed by atoms with E-state index in [0.717, 1.165) is 5.56 Å². The van der Waals surface area contributed by atoms with Crippen molar-refractivity contribution in [3.05, 3.63) is 65.7 Å². The highest BCUT2D eigenvalue weighted by Crippen LogP contribution is 2.43. The molecule has 1 unspecified atom stereocenters. The highest BCUT2D eigenvalue weighted by Gasteiger charge is 2.21. The minimum Gasteiger partial charge on any atom is -0.445 e. The number of hydrogen-bond donors (Lipinski definition) is 3. The number of amides is 2. The smallest absolute Gasteiger partial charge is 0.408 e. The molecule has 28 heavy (non-hydrogen) atoms. The van der Waals surface area contributed by atoms with Gasteiger partial charge < -0.3 is 25.2 Å². The number of carbonyl (C=O) groups excluding carboxylic acids is 2. The molecule has 0 radical (unpaired) electrons. The molecule has 2 amide bonds. The molecule has 8 nitrogen and oxygen atoms in total. The average molecular weight is 427 g/mol. The molecular formula is C18H20ClN2O6P. The van der Waals surface area contributed by atoms with E-state index in [1.165, 1.54) is 12.1 Å². The maximum absolute atomic E-state index is 11.9. The molecule has 0 aliphatic heterocycles. The van der Waals surface area contributed by atoms with E-state index in [-0.39, 0.29) is 18.8 Å². The Morgan fingerprint density at radius 1 is 1.11 bits per heavy atom. The Morgan fingerprint density at radius 3 is 2.32 bits per heavy atom. The molecule has 2 aromatic rings. The van der Waals surface area contributed by atoms with Crippen molar-refractivity contribution in [2.75, 3.05) is 5.62 Å². The second-order valence-corrected chi connectivity index (χ2v) is 8.27. The quantitative estimate of drug-likeness (QED) is 0.418. The summed E-state index contributed by atoms with van der Waals surface area (Å²) in [6.07, 6.45) is -0.654. The Balaban J connectivity index is 1.92. The van der Waals surface area contributed by atoms with E-state index in [4.69, 9.17) is 26.6 Å². The number of alkyl carbamates (subject to hydrolysis) is 1. The summed E-state index contributed by atoms with van der Waals surface area (Å²) in [7, 11) is -3.89. The molecule has 0 saturated heterocycles. The molecule has 0 spiro atoms. The molecule has 0 bridgehead atoms. The molecule has 2 atom stereocenters. The van der Waals surface area contributed by atoms with Crippen molar-refractivity contribution < 1.29 is 28.3 Å². The number of rotatable bonds is 9. The summed E-state index contributed by atoms with van der Waals surface area (Å²) in [6, 6.07) is 14.2. The first-order valence-electron chi connectivity index (χ1n) is 8.22. The lowest BCUT2D eigenvalue weighted by Crippen LogP contribution is -2.46. The number of benzene rings is 2. The van der Waals surface area contributed by atoms with Crippen LogP contribution >= 0.6 is 19.2 Å². The third-order valence-corrected chi connectivity index (χ3v) is 5.31. The number of hydrogen-bond acceptors (Lipinski definition) is 5. The predicted octanol–water partition coefficient (Wildman–Crippen LogP) is 2.77. The summed E-state index contributed by atoms with van der Waals surface area (Å²) in [6.45, 7) is 0.0615. The lowest BCUT2D eigenvalue weighted by molar-refractivity contribution is -0.119. The van der Waals surface area contributed by atoms with Gasteiger partial charge in [-0.1, -0.05) is 42.5 Å². The van der Waals surface area contributed by atoms with Gasteiger partial charge in [0.2, 0.25) is 5.91 Å². The van der Waals surface area contributed by atoms with Crippen molar-refractivity contribution in [3.8, 4) is 5.75 Å². The zero-order chi connectivity index (χ0) is 20.6. The van der Waals surface area contributed by atoms with Gasteiger partial charge in [-0.3, -0.25) is 4.79 Å². The highest BCUT2D eigenvalue weighted by atomic mass is 35.5. The van der Waals surface area contributed by atoms with E-state index in [1.54, 1.807) is 24.3 Å². The maximum Gasteiger partial charge on any atom is 0.408 e. The van der Waals surface area contributed by atoms with Gasteiger partial charge in [0.15, 0.2) is 0 Å². The zero-order valence-electron chi connectivity index (χ0n) is 14.8. The monoisotopic (exact) mass is 426 g/mol. The van der Waals surface area contributed by atoms with Crippen LogP contribution in [0.2, 0.25) is 0 Å². The summed E-state index contributed by atoms with van der Waals surface area (Å²) in [5, 5.41) is 2.43. The van der Waals surface area contributed by atoms with Crippen molar-refractivity contribution in [1.29, 1.82) is 0 Å². The molecular weight excluding hydrogens is 407 g/mol. The van der Waals surface area contributed by atoms with E-state index >= 15 is 0 Å². The molecule has 0 aliphatic rings. The Morgan fingerprint density at radius 2 is 1.75 bits per heavy atom. The van der Waals surface area contributed by atoms with E-state index in [9.17, 15) is 19.0 Å². The topological polar surface area (TPSA) is 128 Å². The Labute approximate surface area is 167 Å². The SMILES string of the molecule is NC(=O)[C@H](Cc1ccc(OP(=O)(O)CCl)cc1)NC(=O)OCc1ccccc1. The largest absolute Gasteiger partial charge is 0.445 e. The van der Waals surface area contributed by atoms with Crippen LogP contribution in [0.25, 0.3) is 0 Å². The lowest BCUT2D eigenvalue weighted by atomic mass is 10.1. The number of carbonyl (C=O) groups is 2. The number of halogens is 1. The van der Waals surface area contributed by atoms with Crippen LogP contribution in [-0.2, 0) is 27.1 Å². The molecule has 0 fully saturated rings. The van der Waals surface area contributed by atoms with Crippen molar-refractivity contribution in [1.82, 2.24) is 5.32 Å². The second kappa shape index (κ2) is 10.1. The van der Waals surface area contributed by atoms with Crippen LogP contribution in [0.1, 0.15) is 11.1 Å². The molecule has 0 aliphatic carbocycles. The molecule has 2 aromatic carbocycles. The van der Waals surface area contributed by atoms with E-state index < -0.39 is 31.3 Å². The number of nitrogens with two attached hydrogens (primary N) is 1. The van der Waals surface area contributed by atoms with Crippen molar-refractivity contribution in [3.63, 3.8) is 0 Å². The summed E-state index contributed by atoms with van der Waals surface area (Å²) >= 11 is 5.35. The van der Waals surface area contributed by atoms with Gasteiger partial charge in [0.25, 0.3) is 0 Å². The van der Waals surface area contributed by atoms with Crippen LogP contribution < -0.4 is 15.6 Å². The molecule has 10 heteroatoms. The van der Waals surface area contributed by atoms with Gasteiger partial charge >= 0.3 is 13.7 Å². The fraction of sp³-hybridized carbons (Fsp3) is 0.222. The fourth-order valence-electron chi connectivity index (χ4n) is 2.24. The standard InChI is InChI=1S/C18H20ClN2O6P/c19-12-28(24,25)27-15-8-6-13(7-9-15)10-16(17(20)22)21-18(23)26-11-14-4-2-1-3-5-14/h1-9,16H,10-12H2,(H2,20,22)(H,21,23)(H,24,25)/t16-/m0/s1. The highest BCUT2D eigenvalue weighted by molar-refractivity contribution is 7.55. The van der Waals surface area contributed by atoms with Crippen LogP contribution in [-0.4, -0.2) is 28.6 Å². The van der Waals surface area contributed by atoms with Gasteiger partial charge in [-0.25, -0.2) is 9.36 Å². The first-order chi connectivity index (χ1) is 13.3. The van der Waals surface area contributed by atoms with Crippen LogP contribution in [0.15, 0.2) is 54.6 Å². The summed E-state index contributed by atoms with van der Waals surface area (Å²) in [5.74, 6) is -0.569. The Bertz CT molecular complexity index is 847. The van der Waals surface area contributed by atoms with Crippen LogP contribution in [0.5, 0.6) is 5.75 Å². The average Bonchev–Trinajstić information content (AvgIpc) is 2.68. The molecule has 0 heterocycles. The normalized spacial score (nSPS) is 13.8. The summed E-state index contributed by atoms with van der Waals surface area (Å²) in [4.78, 5) is 33.0. The van der Waals surface area contributed by atoms with Crippen LogP contribution in [0.4, 0.5) is 4.79 Å². The van der Waals surface area contributed by atoms with Gasteiger partial charge in [0.05, 0.1) is 0 Å². The first kappa shape index (κ1) is 21.8. The van der Waals surface area contributed by atoms with E-state index in [1.807, 2.05) is 18.2 Å². The van der Waals surface area contributed by atoms with E-state index in [2.05, 4.69) is 5.32 Å². The number of primary amides is 1. The Hall–Kier alpha value is -2.54. The fourth-order valence-corrected chi connectivity index (χ4v) is 2.89. The van der Waals surface area contributed by atoms with Gasteiger partial charge in [0, 0.05) is 6.42 Å². The van der Waals surface area contributed by atoms with Crippen molar-refractivity contribution in [2.24, 2.45) is 5.73 Å². The maximum atomic E-state index is 11.9. The third-order valence-electron chi connectivity index (χ3n) is 3.61. The number of alkyl halides is 1.